The minimum Gasteiger partial charge on any atom is -0.341 e. The Bertz CT molecular complexity index is 1970. The van der Waals surface area contributed by atoms with E-state index in [4.69, 9.17) is 0 Å². The largest absolute Gasteiger partial charge is 0.341 e. The second kappa shape index (κ2) is 10.7. The average Bonchev–Trinajstić information content (AvgIpc) is 3.06. The molecule has 0 spiro atoms. The van der Waals surface area contributed by atoms with Crippen LogP contribution in [0.1, 0.15) is 20.3 Å². The van der Waals surface area contributed by atoms with E-state index in [1.807, 2.05) is 19.1 Å². The minimum atomic E-state index is -3.71. The Kier molecular flexibility index (Phi) is 6.96. The van der Waals surface area contributed by atoms with Crippen molar-refractivity contribution in [2.24, 2.45) is 0 Å². The van der Waals surface area contributed by atoms with E-state index in [1.54, 1.807) is 25.1 Å². The summed E-state index contributed by atoms with van der Waals surface area (Å²) in [5.41, 5.74) is 11.3. The van der Waals surface area contributed by atoms with Crippen molar-refractivity contribution in [2.45, 2.75) is 25.2 Å². The molecule has 218 valence electrons. The lowest BCUT2D eigenvalue weighted by molar-refractivity contribution is 0.602. The second-order valence-electron chi connectivity index (χ2n) is 10.7. The molecule has 0 atom stereocenters. The lowest BCUT2D eigenvalue weighted by Gasteiger charge is -2.50. The maximum absolute atomic E-state index is 13.4. The van der Waals surface area contributed by atoms with Crippen LogP contribution in [-0.4, -0.2) is 22.5 Å². The highest BCUT2D eigenvalue weighted by molar-refractivity contribution is 7.95. The molecule has 0 bridgehead atoms. The fraction of sp³-hybridized carbons (Fsp3) is 0.139. The molecule has 4 aromatic rings. The topological polar surface area (TPSA) is 70.9 Å². The molecule has 0 aromatic heterocycles. The molecule has 3 heterocycles. The first-order chi connectivity index (χ1) is 21.3. The predicted octanol–water partition coefficient (Wildman–Crippen LogP) is 8.89. The Balaban J connectivity index is 0.00000168. The monoisotopic (exact) mass is 597 g/mol. The summed E-state index contributed by atoms with van der Waals surface area (Å²) in [6.07, 6.45) is 11.6. The number of hydrogen-bond donors (Lipinski definition) is 0. The number of benzene rings is 4. The van der Waals surface area contributed by atoms with Crippen molar-refractivity contribution in [3.8, 4) is 18.9 Å². The molecule has 3 aliphatic rings. The third kappa shape index (κ3) is 4.00. The Hall–Kier alpha value is -5.44. The van der Waals surface area contributed by atoms with Crippen LogP contribution in [0.4, 0.5) is 56.9 Å². The fourth-order valence-corrected chi connectivity index (χ4v) is 7.31. The van der Waals surface area contributed by atoms with Crippen LogP contribution in [0.2, 0.25) is 0 Å². The van der Waals surface area contributed by atoms with E-state index in [0.717, 1.165) is 56.9 Å². The molecule has 7 nitrogen and oxygen atoms in total. The van der Waals surface area contributed by atoms with E-state index >= 15 is 0 Å². The number of allylic oxidation sites excluding steroid dienone is 4. The smallest absolute Gasteiger partial charge is 0.202 e. The molecular formula is C36H31N5O2S. The molecule has 3 aliphatic heterocycles. The number of rotatable bonds is 5. The molecule has 8 heteroatoms. The quantitative estimate of drug-likeness (QED) is 0.114. The lowest BCUT2D eigenvalue weighted by atomic mass is 9.95. The van der Waals surface area contributed by atoms with Crippen LogP contribution in [0.15, 0.2) is 106 Å². The Morgan fingerprint density at radius 2 is 1.16 bits per heavy atom. The van der Waals surface area contributed by atoms with Gasteiger partial charge in [-0.3, -0.25) is 4.90 Å². The van der Waals surface area contributed by atoms with Gasteiger partial charge in [-0.05, 0) is 86.2 Å². The summed E-state index contributed by atoms with van der Waals surface area (Å²) < 4.78 is 26.7. The van der Waals surface area contributed by atoms with E-state index in [2.05, 4.69) is 107 Å². The zero-order valence-corrected chi connectivity index (χ0v) is 25.8. The molecule has 4 aromatic carbocycles. The van der Waals surface area contributed by atoms with Crippen molar-refractivity contribution in [1.29, 1.82) is 5.26 Å². The summed E-state index contributed by atoms with van der Waals surface area (Å²) in [5.74, 6) is 0. The van der Waals surface area contributed by atoms with Crippen LogP contribution in [0.5, 0.6) is 0 Å². The summed E-state index contributed by atoms with van der Waals surface area (Å²) in [4.78, 5) is 9.51. The van der Waals surface area contributed by atoms with Gasteiger partial charge in [-0.2, -0.15) is 5.26 Å². The molecule has 0 unspecified atom stereocenters. The maximum atomic E-state index is 13.4. The fourth-order valence-electron chi connectivity index (χ4n) is 6.19. The average molecular weight is 598 g/mol. The number of nitriles is 1. The number of anilines is 10. The highest BCUT2D eigenvalue weighted by Gasteiger charge is 2.43. The number of nitrogens with zero attached hydrogens (tertiary/aromatic N) is 5. The van der Waals surface area contributed by atoms with E-state index in [-0.39, 0.29) is 9.80 Å². The van der Waals surface area contributed by atoms with Crippen LogP contribution in [0, 0.1) is 24.2 Å². The molecule has 0 amide bonds. The molecule has 44 heavy (non-hydrogen) atoms. The van der Waals surface area contributed by atoms with Gasteiger partial charge in [-0.15, -0.1) is 12.8 Å². The summed E-state index contributed by atoms with van der Waals surface area (Å²) in [6.45, 7) is 3.43. The maximum Gasteiger partial charge on any atom is 0.202 e. The van der Waals surface area contributed by atoms with Crippen molar-refractivity contribution in [2.75, 3.05) is 33.7 Å². The third-order valence-electron chi connectivity index (χ3n) is 8.45. The number of para-hydroxylation sites is 3. The van der Waals surface area contributed by atoms with Gasteiger partial charge in [0.1, 0.15) is 0 Å². The van der Waals surface area contributed by atoms with Crippen molar-refractivity contribution in [3.63, 3.8) is 0 Å². The summed E-state index contributed by atoms with van der Waals surface area (Å²) in [7, 11) is 0.500. The molecule has 7 rings (SSSR count). The Morgan fingerprint density at radius 3 is 1.59 bits per heavy atom. The van der Waals surface area contributed by atoms with Crippen LogP contribution < -0.4 is 19.6 Å². The Morgan fingerprint density at radius 1 is 0.727 bits per heavy atom. The molecule has 0 saturated carbocycles. The second-order valence-corrected chi connectivity index (χ2v) is 12.8. The van der Waals surface area contributed by atoms with Gasteiger partial charge in [-0.25, -0.2) is 8.42 Å². The predicted molar refractivity (Wildman–Crippen MR) is 180 cm³/mol. The van der Waals surface area contributed by atoms with Gasteiger partial charge in [0.25, 0.3) is 0 Å². The van der Waals surface area contributed by atoms with Crippen molar-refractivity contribution in [1.82, 2.24) is 0 Å². The summed E-state index contributed by atoms with van der Waals surface area (Å²) in [5, 5.41) is 9.19. The van der Waals surface area contributed by atoms with Gasteiger partial charge >= 0.3 is 0 Å². The molecule has 0 saturated heterocycles. The van der Waals surface area contributed by atoms with Crippen LogP contribution in [-0.2, 0) is 9.84 Å². The Labute approximate surface area is 259 Å². The molecule has 0 aliphatic carbocycles. The molecule has 0 fully saturated rings. The molecule has 0 N–H and O–H groups in total. The lowest BCUT2D eigenvalue weighted by Crippen LogP contribution is -2.35. The first-order valence-corrected chi connectivity index (χ1v) is 15.7. The van der Waals surface area contributed by atoms with Gasteiger partial charge in [0.05, 0.1) is 62.2 Å². The first kappa shape index (κ1) is 28.7. The van der Waals surface area contributed by atoms with Gasteiger partial charge in [-0.1, -0.05) is 25.1 Å². The zero-order chi connectivity index (χ0) is 31.3. The number of sulfone groups is 1. The van der Waals surface area contributed by atoms with Crippen LogP contribution >= 0.6 is 0 Å². The van der Waals surface area contributed by atoms with E-state index in [1.165, 1.54) is 6.08 Å². The van der Waals surface area contributed by atoms with Crippen molar-refractivity contribution >= 4 is 66.7 Å². The third-order valence-corrected chi connectivity index (χ3v) is 10.3. The van der Waals surface area contributed by atoms with Crippen LogP contribution in [0.25, 0.3) is 0 Å². The van der Waals surface area contributed by atoms with Gasteiger partial charge < -0.3 is 14.7 Å². The minimum absolute atomic E-state index is 0.194. The molecule has 0 radical (unpaired) electrons. The van der Waals surface area contributed by atoms with Gasteiger partial charge in [0.15, 0.2) is 0 Å². The highest BCUT2D eigenvalue weighted by atomic mass is 32.2. The van der Waals surface area contributed by atoms with E-state index in [9.17, 15) is 13.7 Å². The summed E-state index contributed by atoms with van der Waals surface area (Å²) in [6, 6.07) is 28.3. The zero-order valence-electron chi connectivity index (χ0n) is 25.0. The normalized spacial score (nSPS) is 14.4. The van der Waals surface area contributed by atoms with Gasteiger partial charge in [0, 0.05) is 30.3 Å². The van der Waals surface area contributed by atoms with E-state index in [0.29, 0.717) is 12.0 Å². The van der Waals surface area contributed by atoms with E-state index < -0.39 is 9.84 Å². The SMILES string of the molecule is C#C.CC/C(C#N)=C\C=C(/C)S(=O)(=O)c1ccc(N2c3cccc4c3N3c5c(cccc5N(C)c5cccc2c53)N4C)cc1. The molecular weight excluding hydrogens is 566 g/mol. The van der Waals surface area contributed by atoms with Crippen molar-refractivity contribution in [3.05, 3.63) is 101 Å². The van der Waals surface area contributed by atoms with Gasteiger partial charge in [0.2, 0.25) is 9.84 Å². The highest BCUT2D eigenvalue weighted by Crippen LogP contribution is 2.67. The number of terminal acetylenes is 1. The van der Waals surface area contributed by atoms with Crippen molar-refractivity contribution < 1.29 is 8.42 Å². The van der Waals surface area contributed by atoms with Crippen LogP contribution in [0.3, 0.4) is 0 Å². The summed E-state index contributed by atoms with van der Waals surface area (Å²) >= 11 is 0. The standard InChI is InChI=1S/C34H29N5O2S.C2H2/c1-5-23(21-35)16-15-22(2)42(40,41)25-19-17-24(18-20-25)38-30-13-7-11-28-33(30)39-32-26(36(28)3)9-6-10-27(32)37(4)29-12-8-14-31(38)34(29)39;1-2/h6-20H,5H2,1-4H3;1-2H/b22-15+,23-16+;. The number of hydrogen-bond acceptors (Lipinski definition) is 7. The first-order valence-electron chi connectivity index (χ1n) is 14.2.